The SMILES string of the molecule is CN1CCCN(c2cc3c(cc2N)OCC(=O)N3)CC1=O. The van der Waals surface area contributed by atoms with Crippen molar-refractivity contribution in [2.75, 3.05) is 49.2 Å². The molecule has 7 nitrogen and oxygen atoms in total. The fraction of sp³-hybridized carbons (Fsp3) is 0.429. The van der Waals surface area contributed by atoms with Crippen molar-refractivity contribution >= 4 is 28.9 Å². The maximum Gasteiger partial charge on any atom is 0.262 e. The van der Waals surface area contributed by atoms with Crippen LogP contribution in [0.5, 0.6) is 5.75 Å². The minimum absolute atomic E-state index is 0.00121. The number of hydrogen-bond acceptors (Lipinski definition) is 5. The highest BCUT2D eigenvalue weighted by atomic mass is 16.5. The molecule has 0 radical (unpaired) electrons. The lowest BCUT2D eigenvalue weighted by Crippen LogP contribution is -2.35. The number of carbonyl (C=O) groups excluding carboxylic acids is 2. The van der Waals surface area contributed by atoms with Crippen LogP contribution in [-0.2, 0) is 9.59 Å². The molecular formula is C14H18N4O3. The number of nitrogen functional groups attached to an aromatic ring is 1. The molecule has 7 heteroatoms. The van der Waals surface area contributed by atoms with Crippen LogP contribution >= 0.6 is 0 Å². The molecule has 1 aromatic carbocycles. The fourth-order valence-electron chi connectivity index (χ4n) is 2.60. The van der Waals surface area contributed by atoms with Gasteiger partial charge in [-0.2, -0.15) is 0 Å². The van der Waals surface area contributed by atoms with Crippen molar-refractivity contribution in [3.8, 4) is 5.75 Å². The first-order chi connectivity index (χ1) is 10.0. The zero-order chi connectivity index (χ0) is 15.0. The second kappa shape index (κ2) is 5.16. The van der Waals surface area contributed by atoms with Gasteiger partial charge in [-0.1, -0.05) is 0 Å². The quantitative estimate of drug-likeness (QED) is 0.725. The Morgan fingerprint density at radius 1 is 1.29 bits per heavy atom. The zero-order valence-corrected chi connectivity index (χ0v) is 11.9. The van der Waals surface area contributed by atoms with Crippen LogP contribution in [0, 0.1) is 0 Å². The Labute approximate surface area is 122 Å². The molecule has 2 amide bonds. The van der Waals surface area contributed by atoms with Crippen LogP contribution in [-0.4, -0.2) is 50.0 Å². The molecule has 1 saturated heterocycles. The number of nitrogens with one attached hydrogen (secondary N) is 1. The minimum atomic E-state index is -0.190. The molecule has 0 spiro atoms. The van der Waals surface area contributed by atoms with Crippen LogP contribution in [0.3, 0.4) is 0 Å². The summed E-state index contributed by atoms with van der Waals surface area (Å²) in [6.07, 6.45) is 0.877. The molecular weight excluding hydrogens is 272 g/mol. The molecule has 112 valence electrons. The monoisotopic (exact) mass is 290 g/mol. The van der Waals surface area contributed by atoms with E-state index in [1.165, 1.54) is 0 Å². The molecule has 1 fully saturated rings. The van der Waals surface area contributed by atoms with Crippen molar-refractivity contribution in [2.45, 2.75) is 6.42 Å². The Bertz CT molecular complexity index is 602. The molecule has 21 heavy (non-hydrogen) atoms. The molecule has 2 aliphatic rings. The highest BCUT2D eigenvalue weighted by Crippen LogP contribution is 2.37. The number of nitrogens with zero attached hydrogens (tertiary/aromatic N) is 2. The lowest BCUT2D eigenvalue weighted by atomic mass is 10.1. The molecule has 0 aliphatic carbocycles. The van der Waals surface area contributed by atoms with E-state index in [2.05, 4.69) is 5.32 Å². The first kappa shape index (κ1) is 13.5. The smallest absolute Gasteiger partial charge is 0.262 e. The van der Waals surface area contributed by atoms with Crippen molar-refractivity contribution in [3.63, 3.8) is 0 Å². The summed E-state index contributed by atoms with van der Waals surface area (Å²) >= 11 is 0. The van der Waals surface area contributed by atoms with E-state index in [9.17, 15) is 9.59 Å². The minimum Gasteiger partial charge on any atom is -0.482 e. The lowest BCUT2D eigenvalue weighted by Gasteiger charge is -2.26. The van der Waals surface area contributed by atoms with Crippen LogP contribution in [0.15, 0.2) is 12.1 Å². The third kappa shape index (κ3) is 2.58. The van der Waals surface area contributed by atoms with Gasteiger partial charge in [0.2, 0.25) is 5.91 Å². The van der Waals surface area contributed by atoms with Gasteiger partial charge in [-0.25, -0.2) is 0 Å². The molecule has 0 bridgehead atoms. The van der Waals surface area contributed by atoms with Crippen LogP contribution < -0.4 is 20.7 Å². The first-order valence-corrected chi connectivity index (χ1v) is 6.89. The van der Waals surface area contributed by atoms with E-state index in [4.69, 9.17) is 10.5 Å². The largest absolute Gasteiger partial charge is 0.482 e. The Hall–Kier alpha value is -2.44. The van der Waals surface area contributed by atoms with Crippen molar-refractivity contribution in [1.29, 1.82) is 0 Å². The van der Waals surface area contributed by atoms with Gasteiger partial charge in [0.1, 0.15) is 5.75 Å². The van der Waals surface area contributed by atoms with E-state index >= 15 is 0 Å². The fourth-order valence-corrected chi connectivity index (χ4v) is 2.60. The molecule has 0 saturated carbocycles. The zero-order valence-electron chi connectivity index (χ0n) is 11.9. The van der Waals surface area contributed by atoms with Crippen molar-refractivity contribution in [3.05, 3.63) is 12.1 Å². The summed E-state index contributed by atoms with van der Waals surface area (Å²) in [7, 11) is 1.80. The number of fused-ring (bicyclic) bond motifs is 1. The van der Waals surface area contributed by atoms with Gasteiger partial charge in [0, 0.05) is 26.2 Å². The standard InChI is InChI=1S/C14H18N4O3/c1-17-3-2-4-18(7-14(17)20)11-6-10-12(5-9(11)15)21-8-13(19)16-10/h5-6H,2-4,7-8,15H2,1H3,(H,16,19). The van der Waals surface area contributed by atoms with Crippen LogP contribution in [0.1, 0.15) is 6.42 Å². The average molecular weight is 290 g/mol. The molecule has 2 heterocycles. The van der Waals surface area contributed by atoms with Crippen molar-refractivity contribution in [2.24, 2.45) is 0 Å². The third-order valence-electron chi connectivity index (χ3n) is 3.78. The molecule has 3 rings (SSSR count). The second-order valence-corrected chi connectivity index (χ2v) is 5.33. The topological polar surface area (TPSA) is 87.9 Å². The Balaban J connectivity index is 1.92. The Morgan fingerprint density at radius 3 is 2.90 bits per heavy atom. The van der Waals surface area contributed by atoms with E-state index in [0.717, 1.165) is 25.2 Å². The Morgan fingerprint density at radius 2 is 2.10 bits per heavy atom. The van der Waals surface area contributed by atoms with Gasteiger partial charge in [-0.15, -0.1) is 0 Å². The van der Waals surface area contributed by atoms with Gasteiger partial charge in [0.25, 0.3) is 5.91 Å². The number of hydrogen-bond donors (Lipinski definition) is 2. The predicted molar refractivity (Wildman–Crippen MR) is 79.4 cm³/mol. The summed E-state index contributed by atoms with van der Waals surface area (Å²) in [5.41, 5.74) is 7.98. The van der Waals surface area contributed by atoms with Gasteiger partial charge in [-0.3, -0.25) is 9.59 Å². The maximum atomic E-state index is 12.0. The maximum absolute atomic E-state index is 12.0. The van der Waals surface area contributed by atoms with Crippen molar-refractivity contribution in [1.82, 2.24) is 4.90 Å². The summed E-state index contributed by atoms with van der Waals surface area (Å²) in [5, 5.41) is 2.76. The molecule has 0 atom stereocenters. The third-order valence-corrected chi connectivity index (χ3v) is 3.78. The van der Waals surface area contributed by atoms with Crippen molar-refractivity contribution < 1.29 is 14.3 Å². The highest BCUT2D eigenvalue weighted by Gasteiger charge is 2.24. The van der Waals surface area contributed by atoms with E-state index in [0.29, 0.717) is 17.1 Å². The average Bonchev–Trinajstić information content (AvgIpc) is 2.61. The number of rotatable bonds is 1. The van der Waals surface area contributed by atoms with E-state index in [-0.39, 0.29) is 25.0 Å². The second-order valence-electron chi connectivity index (χ2n) is 5.33. The van der Waals surface area contributed by atoms with E-state index < -0.39 is 0 Å². The summed E-state index contributed by atoms with van der Waals surface area (Å²) in [6, 6.07) is 3.48. The number of nitrogens with two attached hydrogens (primary N) is 1. The summed E-state index contributed by atoms with van der Waals surface area (Å²) in [6.45, 7) is 1.76. The van der Waals surface area contributed by atoms with Crippen LogP contribution in [0.25, 0.3) is 0 Å². The molecule has 2 aliphatic heterocycles. The number of anilines is 3. The van der Waals surface area contributed by atoms with Gasteiger partial charge < -0.3 is 25.6 Å². The Kier molecular flexibility index (Phi) is 3.32. The number of ether oxygens (including phenoxy) is 1. The highest BCUT2D eigenvalue weighted by molar-refractivity contribution is 5.97. The predicted octanol–water partition coefficient (Wildman–Crippen LogP) is 0.268. The molecule has 0 unspecified atom stereocenters. The number of amides is 2. The van der Waals surface area contributed by atoms with E-state index in [1.54, 1.807) is 24.1 Å². The van der Waals surface area contributed by atoms with Gasteiger partial charge in [0.15, 0.2) is 6.61 Å². The number of benzene rings is 1. The summed E-state index contributed by atoms with van der Waals surface area (Å²) < 4.78 is 5.34. The number of carbonyl (C=O) groups is 2. The molecule has 0 aromatic heterocycles. The number of likely N-dealkylation sites (N-methyl/N-ethyl adjacent to an activating group) is 1. The molecule has 3 N–H and O–H groups in total. The van der Waals surface area contributed by atoms with Gasteiger partial charge in [-0.05, 0) is 12.5 Å². The first-order valence-electron chi connectivity index (χ1n) is 6.89. The van der Waals surface area contributed by atoms with Gasteiger partial charge in [0.05, 0.1) is 23.6 Å². The lowest BCUT2D eigenvalue weighted by molar-refractivity contribution is -0.128. The normalized spacial score (nSPS) is 18.7. The van der Waals surface area contributed by atoms with Crippen LogP contribution in [0.4, 0.5) is 17.1 Å². The van der Waals surface area contributed by atoms with Crippen LogP contribution in [0.2, 0.25) is 0 Å². The summed E-state index contributed by atoms with van der Waals surface area (Å²) in [4.78, 5) is 27.1. The van der Waals surface area contributed by atoms with Gasteiger partial charge >= 0.3 is 0 Å². The van der Waals surface area contributed by atoms with E-state index in [1.807, 2.05) is 4.90 Å². The molecule has 1 aromatic rings. The summed E-state index contributed by atoms with van der Waals surface area (Å²) in [5.74, 6) is 0.434.